The van der Waals surface area contributed by atoms with Gasteiger partial charge in [-0.2, -0.15) is 0 Å². The van der Waals surface area contributed by atoms with Gasteiger partial charge in [-0.3, -0.25) is 4.79 Å². The molecule has 0 radical (unpaired) electrons. The molecule has 0 saturated heterocycles. The average molecular weight is 332 g/mol. The predicted molar refractivity (Wildman–Crippen MR) is 92.6 cm³/mol. The van der Waals surface area contributed by atoms with Gasteiger partial charge in [-0.25, -0.2) is 4.98 Å². The minimum absolute atomic E-state index is 0.0542. The monoisotopic (exact) mass is 332 g/mol. The molecule has 1 amide bonds. The van der Waals surface area contributed by atoms with Crippen LogP contribution in [0.2, 0.25) is 0 Å². The van der Waals surface area contributed by atoms with Crippen molar-refractivity contribution in [3.63, 3.8) is 0 Å². The Hall–Kier alpha value is -1.33. The average Bonchev–Trinajstić information content (AvgIpc) is 3.17. The van der Waals surface area contributed by atoms with E-state index in [4.69, 9.17) is 0 Å². The third-order valence-electron chi connectivity index (χ3n) is 3.86. The van der Waals surface area contributed by atoms with Crippen LogP contribution >= 0.6 is 23.1 Å². The zero-order valence-electron chi connectivity index (χ0n) is 12.7. The van der Waals surface area contributed by atoms with E-state index in [-0.39, 0.29) is 5.91 Å². The Bertz CT molecular complexity index is 630. The second-order valence-corrected chi connectivity index (χ2v) is 7.74. The summed E-state index contributed by atoms with van der Waals surface area (Å²) in [5, 5.41) is 6.33. The molecular weight excluding hydrogens is 312 g/mol. The molecule has 1 N–H and O–H groups in total. The number of rotatable bonds is 5. The maximum atomic E-state index is 12.2. The Morgan fingerprint density at radius 2 is 2.05 bits per heavy atom. The van der Waals surface area contributed by atoms with Crippen LogP contribution in [0.1, 0.15) is 46.7 Å². The van der Waals surface area contributed by atoms with Gasteiger partial charge in [0.25, 0.3) is 5.91 Å². The van der Waals surface area contributed by atoms with Crippen LogP contribution in [0.3, 0.4) is 0 Å². The fourth-order valence-corrected chi connectivity index (χ4v) is 4.18. The van der Waals surface area contributed by atoms with Crippen LogP contribution in [0.5, 0.6) is 0 Å². The van der Waals surface area contributed by atoms with E-state index in [2.05, 4.69) is 15.7 Å². The lowest BCUT2D eigenvalue weighted by Crippen LogP contribution is -2.32. The molecule has 1 aromatic carbocycles. The third kappa shape index (κ3) is 4.11. The molecule has 1 aliphatic rings. The van der Waals surface area contributed by atoms with E-state index in [1.165, 1.54) is 17.7 Å². The van der Waals surface area contributed by atoms with Crippen LogP contribution in [-0.4, -0.2) is 16.9 Å². The maximum Gasteiger partial charge on any atom is 0.251 e. The summed E-state index contributed by atoms with van der Waals surface area (Å²) in [6.07, 6.45) is 4.70. The van der Waals surface area contributed by atoms with E-state index in [0.717, 1.165) is 34.9 Å². The topological polar surface area (TPSA) is 42.0 Å². The van der Waals surface area contributed by atoms with Crippen molar-refractivity contribution in [1.82, 2.24) is 10.3 Å². The van der Waals surface area contributed by atoms with Gasteiger partial charge in [0.05, 0.1) is 10.7 Å². The lowest BCUT2D eigenvalue weighted by Gasteiger charge is -2.12. The van der Waals surface area contributed by atoms with Crippen molar-refractivity contribution in [3.8, 4) is 0 Å². The van der Waals surface area contributed by atoms with Crippen LogP contribution in [0.4, 0.5) is 0 Å². The summed E-state index contributed by atoms with van der Waals surface area (Å²) < 4.78 is 0. The molecule has 0 spiro atoms. The number of thiazole rings is 1. The SMILES string of the molecule is Cc1nc(CSc2ccc(C(=O)NC3CCCC3)cc2)cs1. The highest BCUT2D eigenvalue weighted by Crippen LogP contribution is 2.24. The fourth-order valence-electron chi connectivity index (χ4n) is 2.67. The van der Waals surface area contributed by atoms with Gasteiger partial charge in [0.2, 0.25) is 0 Å². The summed E-state index contributed by atoms with van der Waals surface area (Å²) >= 11 is 3.44. The lowest BCUT2D eigenvalue weighted by molar-refractivity contribution is 0.0938. The van der Waals surface area contributed by atoms with E-state index >= 15 is 0 Å². The normalized spacial score (nSPS) is 15.1. The lowest BCUT2D eigenvalue weighted by atomic mass is 10.2. The Kier molecular flexibility index (Phi) is 5.16. The molecule has 3 nitrogen and oxygen atoms in total. The minimum atomic E-state index is 0.0542. The highest BCUT2D eigenvalue weighted by molar-refractivity contribution is 7.98. The molecule has 5 heteroatoms. The van der Waals surface area contributed by atoms with Crippen molar-refractivity contribution < 1.29 is 4.79 Å². The summed E-state index contributed by atoms with van der Waals surface area (Å²) in [4.78, 5) is 17.8. The van der Waals surface area contributed by atoms with Crippen molar-refractivity contribution in [2.24, 2.45) is 0 Å². The second kappa shape index (κ2) is 7.29. The first-order chi connectivity index (χ1) is 10.7. The van der Waals surface area contributed by atoms with Gasteiger partial charge >= 0.3 is 0 Å². The number of aryl methyl sites for hydroxylation is 1. The van der Waals surface area contributed by atoms with Gasteiger partial charge in [0, 0.05) is 27.6 Å². The summed E-state index contributed by atoms with van der Waals surface area (Å²) in [6.45, 7) is 2.02. The van der Waals surface area contributed by atoms with Crippen LogP contribution in [0.25, 0.3) is 0 Å². The minimum Gasteiger partial charge on any atom is -0.349 e. The highest BCUT2D eigenvalue weighted by Gasteiger charge is 2.17. The van der Waals surface area contributed by atoms with Crippen molar-refractivity contribution in [1.29, 1.82) is 0 Å². The smallest absolute Gasteiger partial charge is 0.251 e. The maximum absolute atomic E-state index is 12.2. The predicted octanol–water partition coefficient (Wildman–Crippen LogP) is 4.42. The van der Waals surface area contributed by atoms with Crippen LogP contribution in [0, 0.1) is 6.92 Å². The molecule has 0 atom stereocenters. The first-order valence-electron chi connectivity index (χ1n) is 7.65. The molecule has 2 aromatic rings. The summed E-state index contributed by atoms with van der Waals surface area (Å²) in [5.41, 5.74) is 1.87. The Morgan fingerprint density at radius 3 is 2.68 bits per heavy atom. The van der Waals surface area contributed by atoms with Gasteiger partial charge in [0.15, 0.2) is 0 Å². The number of benzene rings is 1. The van der Waals surface area contributed by atoms with Crippen LogP contribution in [0.15, 0.2) is 34.5 Å². The molecule has 1 saturated carbocycles. The molecule has 1 aliphatic carbocycles. The fraction of sp³-hybridized carbons (Fsp3) is 0.412. The Labute approximate surface area is 139 Å². The van der Waals surface area contributed by atoms with Crippen LogP contribution < -0.4 is 5.32 Å². The van der Waals surface area contributed by atoms with E-state index in [9.17, 15) is 4.79 Å². The number of amides is 1. The van der Waals surface area contributed by atoms with E-state index in [1.807, 2.05) is 31.2 Å². The number of nitrogens with zero attached hydrogens (tertiary/aromatic N) is 1. The van der Waals surface area contributed by atoms with Crippen LogP contribution in [-0.2, 0) is 5.75 Å². The largest absolute Gasteiger partial charge is 0.349 e. The molecule has 1 heterocycles. The molecule has 3 rings (SSSR count). The van der Waals surface area contributed by atoms with Gasteiger partial charge in [-0.1, -0.05) is 12.8 Å². The van der Waals surface area contributed by atoms with Gasteiger partial charge in [-0.05, 0) is 44.0 Å². The second-order valence-electron chi connectivity index (χ2n) is 5.63. The number of nitrogens with one attached hydrogen (secondary N) is 1. The molecule has 1 aromatic heterocycles. The Morgan fingerprint density at radius 1 is 1.32 bits per heavy atom. The van der Waals surface area contributed by atoms with E-state index in [1.54, 1.807) is 23.1 Å². The number of hydrogen-bond acceptors (Lipinski definition) is 4. The number of carbonyl (C=O) groups is 1. The van der Waals surface area contributed by atoms with E-state index in [0.29, 0.717) is 6.04 Å². The number of hydrogen-bond donors (Lipinski definition) is 1. The summed E-state index contributed by atoms with van der Waals surface area (Å²) in [6, 6.07) is 8.24. The number of carbonyl (C=O) groups excluding carboxylic acids is 1. The zero-order valence-corrected chi connectivity index (χ0v) is 14.3. The zero-order chi connectivity index (χ0) is 15.4. The molecule has 116 valence electrons. The molecule has 0 bridgehead atoms. The van der Waals surface area contributed by atoms with Gasteiger partial charge in [-0.15, -0.1) is 23.1 Å². The molecule has 0 unspecified atom stereocenters. The first-order valence-corrected chi connectivity index (χ1v) is 9.52. The summed E-state index contributed by atoms with van der Waals surface area (Å²) in [7, 11) is 0. The highest BCUT2D eigenvalue weighted by atomic mass is 32.2. The number of aromatic nitrogens is 1. The molecule has 22 heavy (non-hydrogen) atoms. The Balaban J connectivity index is 1.54. The molecule has 1 fully saturated rings. The van der Waals surface area contributed by atoms with Crippen molar-refractivity contribution in [2.45, 2.75) is 49.3 Å². The third-order valence-corrected chi connectivity index (χ3v) is 5.73. The quantitative estimate of drug-likeness (QED) is 0.824. The van der Waals surface area contributed by atoms with Gasteiger partial charge < -0.3 is 5.32 Å². The van der Waals surface area contributed by atoms with Gasteiger partial charge in [0.1, 0.15) is 0 Å². The summed E-state index contributed by atoms with van der Waals surface area (Å²) in [5.74, 6) is 0.927. The number of thioether (sulfide) groups is 1. The van der Waals surface area contributed by atoms with Crippen molar-refractivity contribution >= 4 is 29.0 Å². The molecular formula is C17H20N2OS2. The molecule has 0 aliphatic heterocycles. The standard InChI is InChI=1S/C17H20N2OS2/c1-12-18-15(10-21-12)11-22-16-8-6-13(7-9-16)17(20)19-14-4-2-3-5-14/h6-10,14H,2-5,11H2,1H3,(H,19,20). The first kappa shape index (κ1) is 15.6. The van der Waals surface area contributed by atoms with Crippen molar-refractivity contribution in [3.05, 3.63) is 45.9 Å². The van der Waals surface area contributed by atoms with E-state index < -0.39 is 0 Å². The van der Waals surface area contributed by atoms with Crippen molar-refractivity contribution in [2.75, 3.05) is 0 Å².